The first-order valence-electron chi connectivity index (χ1n) is 10.3. The first-order chi connectivity index (χ1) is 14.7. The third-order valence-electron chi connectivity index (χ3n) is 5.15. The van der Waals surface area contributed by atoms with Gasteiger partial charge in [-0.25, -0.2) is 4.98 Å². The van der Waals surface area contributed by atoms with Gasteiger partial charge < -0.3 is 15.5 Å². The number of piperazine rings is 1. The van der Waals surface area contributed by atoms with Crippen molar-refractivity contribution >= 4 is 28.4 Å². The molecule has 0 bridgehead atoms. The van der Waals surface area contributed by atoms with Gasteiger partial charge in [0.1, 0.15) is 5.65 Å². The molecular weight excluding hydrogens is 376 g/mol. The van der Waals surface area contributed by atoms with Crippen LogP contribution in [0.1, 0.15) is 26.3 Å². The second-order valence-corrected chi connectivity index (χ2v) is 7.27. The number of hydrogen-bond acceptors (Lipinski definition) is 6. The maximum atomic E-state index is 12.5. The minimum atomic E-state index is -0.262. The summed E-state index contributed by atoms with van der Waals surface area (Å²) in [6, 6.07) is 11.3. The van der Waals surface area contributed by atoms with E-state index >= 15 is 0 Å². The summed E-state index contributed by atoms with van der Waals surface area (Å²) in [5.41, 5.74) is 2.57. The number of aromatic nitrogens is 3. The van der Waals surface area contributed by atoms with Gasteiger partial charge in [0.15, 0.2) is 0 Å². The maximum absolute atomic E-state index is 12.5. The summed E-state index contributed by atoms with van der Waals surface area (Å²) >= 11 is 0. The molecule has 2 N–H and O–H groups in total. The first kappa shape index (κ1) is 19.9. The van der Waals surface area contributed by atoms with E-state index in [9.17, 15) is 4.79 Å². The molecule has 0 spiro atoms. The second-order valence-electron chi connectivity index (χ2n) is 7.27. The van der Waals surface area contributed by atoms with Gasteiger partial charge in [-0.15, -0.1) is 5.92 Å². The first-order valence-corrected chi connectivity index (χ1v) is 10.3. The van der Waals surface area contributed by atoms with E-state index in [2.05, 4.69) is 49.5 Å². The molecule has 30 heavy (non-hydrogen) atoms. The highest BCUT2D eigenvalue weighted by atomic mass is 16.1. The zero-order valence-electron chi connectivity index (χ0n) is 17.4. The van der Waals surface area contributed by atoms with Crippen LogP contribution >= 0.6 is 0 Å². The van der Waals surface area contributed by atoms with E-state index in [1.807, 2.05) is 26.0 Å². The number of pyridine rings is 1. The van der Waals surface area contributed by atoms with Gasteiger partial charge >= 0.3 is 0 Å². The van der Waals surface area contributed by atoms with Crippen LogP contribution in [-0.4, -0.2) is 40.7 Å². The third-order valence-corrected chi connectivity index (χ3v) is 5.15. The summed E-state index contributed by atoms with van der Waals surface area (Å²) in [6.45, 7) is 7.94. The van der Waals surface area contributed by atoms with Crippen LogP contribution in [-0.2, 0) is 0 Å². The standard InChI is InChI=1S/C23H26N6O/c1-3-4-5-17(2)29-21(30)11-6-18-16-25-23(27-22(18)29)26-19-7-9-20(10-8-19)28-14-12-24-13-15-28/h6-11,16-17,24H,3,12-15H2,1-2H3,(H,25,26,27). The molecule has 1 fully saturated rings. The van der Waals surface area contributed by atoms with Crippen molar-refractivity contribution in [3.05, 3.63) is 52.9 Å². The highest BCUT2D eigenvalue weighted by Crippen LogP contribution is 2.21. The van der Waals surface area contributed by atoms with Gasteiger partial charge in [0.2, 0.25) is 5.95 Å². The molecule has 1 aliphatic heterocycles. The summed E-state index contributed by atoms with van der Waals surface area (Å²) in [4.78, 5) is 23.9. The van der Waals surface area contributed by atoms with Crippen LogP contribution in [0.25, 0.3) is 11.0 Å². The lowest BCUT2D eigenvalue weighted by atomic mass is 10.2. The topological polar surface area (TPSA) is 75.1 Å². The van der Waals surface area contributed by atoms with Crippen LogP contribution in [0.2, 0.25) is 0 Å². The normalized spacial score (nSPS) is 14.8. The number of fused-ring (bicyclic) bond motifs is 1. The van der Waals surface area contributed by atoms with Gasteiger partial charge in [-0.1, -0.05) is 12.8 Å². The van der Waals surface area contributed by atoms with E-state index in [0.717, 1.165) is 43.7 Å². The van der Waals surface area contributed by atoms with Gasteiger partial charge in [-0.3, -0.25) is 9.36 Å². The third kappa shape index (κ3) is 4.29. The van der Waals surface area contributed by atoms with Gasteiger partial charge in [-0.05, 0) is 37.3 Å². The van der Waals surface area contributed by atoms with E-state index in [0.29, 0.717) is 11.6 Å². The summed E-state index contributed by atoms with van der Waals surface area (Å²) in [6.07, 6.45) is 2.48. The van der Waals surface area contributed by atoms with Crippen LogP contribution < -0.4 is 21.1 Å². The van der Waals surface area contributed by atoms with Gasteiger partial charge in [0.25, 0.3) is 5.56 Å². The lowest BCUT2D eigenvalue weighted by Gasteiger charge is -2.29. The molecule has 0 saturated carbocycles. The zero-order valence-corrected chi connectivity index (χ0v) is 17.4. The Bertz CT molecular complexity index is 1140. The van der Waals surface area contributed by atoms with E-state index in [4.69, 9.17) is 0 Å². The Hall–Kier alpha value is -3.37. The van der Waals surface area contributed by atoms with Crippen molar-refractivity contribution in [2.45, 2.75) is 26.3 Å². The monoisotopic (exact) mass is 402 g/mol. The molecule has 0 radical (unpaired) electrons. The van der Waals surface area contributed by atoms with Crippen LogP contribution in [0.5, 0.6) is 0 Å². The fourth-order valence-corrected chi connectivity index (χ4v) is 3.59. The quantitative estimate of drug-likeness (QED) is 0.654. The number of hydrogen-bond donors (Lipinski definition) is 2. The number of nitrogens with one attached hydrogen (secondary N) is 2. The largest absolute Gasteiger partial charge is 0.369 e. The van der Waals surface area contributed by atoms with E-state index in [-0.39, 0.29) is 11.6 Å². The van der Waals surface area contributed by atoms with Crippen LogP contribution in [0.4, 0.5) is 17.3 Å². The lowest BCUT2D eigenvalue weighted by Crippen LogP contribution is -2.43. The van der Waals surface area contributed by atoms with Gasteiger partial charge in [-0.2, -0.15) is 4.98 Å². The lowest BCUT2D eigenvalue weighted by molar-refractivity contribution is 0.589. The smallest absolute Gasteiger partial charge is 0.253 e. The van der Waals surface area contributed by atoms with Gasteiger partial charge in [0.05, 0.1) is 6.04 Å². The molecule has 1 aromatic carbocycles. The summed E-state index contributed by atoms with van der Waals surface area (Å²) in [5, 5.41) is 7.42. The molecule has 1 unspecified atom stereocenters. The SMILES string of the molecule is CCC#CC(C)n1c(=O)ccc2cnc(Nc3ccc(N4CCNCC4)cc3)nc21. The van der Waals surface area contributed by atoms with Crippen molar-refractivity contribution < 1.29 is 0 Å². The second kappa shape index (κ2) is 8.97. The molecule has 1 atom stereocenters. The highest BCUT2D eigenvalue weighted by Gasteiger charge is 2.12. The van der Waals surface area contributed by atoms with Crippen LogP contribution in [0.3, 0.4) is 0 Å². The Labute approximate surface area is 176 Å². The number of nitrogens with zero attached hydrogens (tertiary/aromatic N) is 4. The summed E-state index contributed by atoms with van der Waals surface area (Å²) in [5.74, 6) is 6.61. The molecule has 1 aliphatic rings. The molecule has 0 amide bonds. The molecule has 154 valence electrons. The summed E-state index contributed by atoms with van der Waals surface area (Å²) < 4.78 is 1.62. The predicted molar refractivity (Wildman–Crippen MR) is 121 cm³/mol. The minimum absolute atomic E-state index is 0.120. The molecule has 4 rings (SSSR count). The van der Waals surface area contributed by atoms with E-state index in [1.54, 1.807) is 16.8 Å². The van der Waals surface area contributed by atoms with Crippen LogP contribution in [0.15, 0.2) is 47.4 Å². The highest BCUT2D eigenvalue weighted by molar-refractivity contribution is 5.76. The zero-order chi connectivity index (χ0) is 20.9. The number of anilines is 3. The predicted octanol–water partition coefficient (Wildman–Crippen LogP) is 2.92. The van der Waals surface area contributed by atoms with Crippen LogP contribution in [0, 0.1) is 11.8 Å². The maximum Gasteiger partial charge on any atom is 0.253 e. The molecule has 7 heteroatoms. The van der Waals surface area contributed by atoms with Crippen molar-refractivity contribution in [2.75, 3.05) is 36.4 Å². The van der Waals surface area contributed by atoms with E-state index in [1.165, 1.54) is 11.8 Å². The summed E-state index contributed by atoms with van der Waals surface area (Å²) in [7, 11) is 0. The molecule has 2 aromatic heterocycles. The van der Waals surface area contributed by atoms with E-state index < -0.39 is 0 Å². The van der Waals surface area contributed by atoms with Crippen molar-refractivity contribution in [1.82, 2.24) is 19.9 Å². The Kier molecular flexibility index (Phi) is 5.96. The van der Waals surface area contributed by atoms with Crippen molar-refractivity contribution in [2.24, 2.45) is 0 Å². The Balaban J connectivity index is 1.61. The van der Waals surface area contributed by atoms with Crippen molar-refractivity contribution in [3.63, 3.8) is 0 Å². The fourth-order valence-electron chi connectivity index (χ4n) is 3.59. The van der Waals surface area contributed by atoms with Crippen molar-refractivity contribution in [3.8, 4) is 11.8 Å². The number of benzene rings is 1. The molecule has 3 heterocycles. The average Bonchev–Trinajstić information content (AvgIpc) is 2.78. The Morgan fingerprint density at radius 2 is 1.93 bits per heavy atom. The molecule has 1 saturated heterocycles. The number of rotatable bonds is 4. The van der Waals surface area contributed by atoms with Crippen molar-refractivity contribution in [1.29, 1.82) is 0 Å². The van der Waals surface area contributed by atoms with Gasteiger partial charge in [0, 0.05) is 61.6 Å². The fraction of sp³-hybridized carbons (Fsp3) is 0.348. The molecule has 3 aromatic rings. The Morgan fingerprint density at radius 3 is 2.67 bits per heavy atom. The molecule has 0 aliphatic carbocycles. The molecular formula is C23H26N6O. The Morgan fingerprint density at radius 1 is 1.17 bits per heavy atom. The minimum Gasteiger partial charge on any atom is -0.369 e. The average molecular weight is 403 g/mol. The molecule has 7 nitrogen and oxygen atoms in total.